The Morgan fingerprint density at radius 3 is 3.07 bits per heavy atom. The third kappa shape index (κ3) is 2.19. The molecule has 0 aliphatic heterocycles. The zero-order valence-electron chi connectivity index (χ0n) is 8.19. The minimum absolute atomic E-state index is 0.186. The molecule has 5 nitrogen and oxygen atoms in total. The van der Waals surface area contributed by atoms with E-state index < -0.39 is 0 Å². The minimum atomic E-state index is -0.186. The van der Waals surface area contributed by atoms with Gasteiger partial charge in [0.05, 0.1) is 11.8 Å². The Balaban J connectivity index is 2.13. The van der Waals surface area contributed by atoms with E-state index in [2.05, 4.69) is 20.5 Å². The van der Waals surface area contributed by atoms with Crippen LogP contribution < -0.4 is 5.32 Å². The zero-order valence-corrected chi connectivity index (χ0v) is 8.19. The lowest BCUT2D eigenvalue weighted by atomic mass is 10.3. The van der Waals surface area contributed by atoms with Crippen molar-refractivity contribution in [2.24, 2.45) is 0 Å². The third-order valence-electron chi connectivity index (χ3n) is 1.91. The maximum Gasteiger partial charge on any atom is 0.258 e. The fourth-order valence-electron chi connectivity index (χ4n) is 1.20. The van der Waals surface area contributed by atoms with E-state index in [-0.39, 0.29) is 5.91 Å². The number of pyridine rings is 1. The first-order valence-electron chi connectivity index (χ1n) is 4.48. The smallest absolute Gasteiger partial charge is 0.258 e. The molecule has 1 amide bonds. The molecule has 0 atom stereocenters. The van der Waals surface area contributed by atoms with Gasteiger partial charge in [0.2, 0.25) is 0 Å². The van der Waals surface area contributed by atoms with E-state index in [0.717, 1.165) is 11.4 Å². The molecule has 2 rings (SSSR count). The highest BCUT2D eigenvalue weighted by Gasteiger charge is 2.06. The standard InChI is InChI=1S/C10H10N4O/c1-7-4-9(2-3-11-7)14-10(15)8-5-12-13-6-8/h2-6H,1H3,(H,12,13)(H,11,14,15). The third-order valence-corrected chi connectivity index (χ3v) is 1.91. The molecule has 0 bridgehead atoms. The largest absolute Gasteiger partial charge is 0.322 e. The van der Waals surface area contributed by atoms with E-state index in [4.69, 9.17) is 0 Å². The molecular weight excluding hydrogens is 192 g/mol. The van der Waals surface area contributed by atoms with Crippen LogP contribution in [0.5, 0.6) is 0 Å². The van der Waals surface area contributed by atoms with Crippen LogP contribution in [0.3, 0.4) is 0 Å². The van der Waals surface area contributed by atoms with Crippen molar-refractivity contribution in [3.05, 3.63) is 42.0 Å². The number of nitrogens with one attached hydrogen (secondary N) is 2. The molecule has 5 heteroatoms. The SMILES string of the molecule is Cc1cc(NC(=O)c2cn[nH]c2)ccn1. The number of hydrogen-bond acceptors (Lipinski definition) is 3. The highest BCUT2D eigenvalue weighted by molar-refractivity contribution is 6.03. The van der Waals surface area contributed by atoms with Crippen LogP contribution in [0.25, 0.3) is 0 Å². The number of aryl methyl sites for hydroxylation is 1. The Labute approximate surface area is 86.5 Å². The van der Waals surface area contributed by atoms with Gasteiger partial charge in [-0.05, 0) is 19.1 Å². The summed E-state index contributed by atoms with van der Waals surface area (Å²) in [6.07, 6.45) is 4.67. The lowest BCUT2D eigenvalue weighted by Crippen LogP contribution is -2.11. The van der Waals surface area contributed by atoms with Crippen LogP contribution in [0.15, 0.2) is 30.7 Å². The van der Waals surface area contributed by atoms with Gasteiger partial charge in [-0.3, -0.25) is 14.9 Å². The quantitative estimate of drug-likeness (QED) is 0.772. The van der Waals surface area contributed by atoms with Gasteiger partial charge < -0.3 is 5.32 Å². The number of amides is 1. The number of nitrogens with zero attached hydrogens (tertiary/aromatic N) is 2. The van der Waals surface area contributed by atoms with Crippen LogP contribution in [0.2, 0.25) is 0 Å². The van der Waals surface area contributed by atoms with Crippen LogP contribution in [0.1, 0.15) is 16.1 Å². The van der Waals surface area contributed by atoms with Gasteiger partial charge in [0.25, 0.3) is 5.91 Å². The normalized spacial score (nSPS) is 9.93. The number of carbonyl (C=O) groups excluding carboxylic acids is 1. The molecule has 0 aromatic carbocycles. The summed E-state index contributed by atoms with van der Waals surface area (Å²) in [6.45, 7) is 1.87. The van der Waals surface area contributed by atoms with Crippen molar-refractivity contribution < 1.29 is 4.79 Å². The lowest BCUT2D eigenvalue weighted by molar-refractivity contribution is 0.102. The fraction of sp³-hybridized carbons (Fsp3) is 0.100. The van der Waals surface area contributed by atoms with Gasteiger partial charge in [0.1, 0.15) is 0 Å². The molecule has 15 heavy (non-hydrogen) atoms. The Kier molecular flexibility index (Phi) is 2.45. The average Bonchev–Trinajstić information content (AvgIpc) is 2.70. The molecule has 2 aromatic rings. The van der Waals surface area contributed by atoms with Crippen molar-refractivity contribution in [2.75, 3.05) is 5.32 Å². The zero-order chi connectivity index (χ0) is 10.7. The van der Waals surface area contributed by atoms with Gasteiger partial charge in [-0.25, -0.2) is 0 Å². The fourth-order valence-corrected chi connectivity index (χ4v) is 1.20. The van der Waals surface area contributed by atoms with E-state index in [0.29, 0.717) is 5.56 Å². The summed E-state index contributed by atoms with van der Waals surface area (Å²) in [4.78, 5) is 15.6. The van der Waals surface area contributed by atoms with Gasteiger partial charge in [-0.1, -0.05) is 0 Å². The van der Waals surface area contributed by atoms with Crippen LogP contribution in [-0.4, -0.2) is 21.1 Å². The van der Waals surface area contributed by atoms with Gasteiger partial charge in [0, 0.05) is 23.8 Å². The predicted octanol–water partition coefficient (Wildman–Crippen LogP) is 1.37. The van der Waals surface area contributed by atoms with E-state index in [1.807, 2.05) is 6.92 Å². The summed E-state index contributed by atoms with van der Waals surface area (Å²) in [6, 6.07) is 3.54. The molecule has 0 saturated heterocycles. The second-order valence-electron chi connectivity index (χ2n) is 3.13. The minimum Gasteiger partial charge on any atom is -0.322 e. The summed E-state index contributed by atoms with van der Waals surface area (Å²) >= 11 is 0. The molecule has 76 valence electrons. The van der Waals surface area contributed by atoms with Crippen LogP contribution >= 0.6 is 0 Å². The molecule has 0 fully saturated rings. The molecule has 0 saturated carbocycles. The molecule has 0 radical (unpaired) electrons. The van der Waals surface area contributed by atoms with Gasteiger partial charge in [-0.15, -0.1) is 0 Å². The summed E-state index contributed by atoms with van der Waals surface area (Å²) in [5, 5.41) is 9.04. The predicted molar refractivity (Wildman–Crippen MR) is 55.5 cm³/mol. The van der Waals surface area contributed by atoms with Crippen molar-refractivity contribution in [3.8, 4) is 0 Å². The Morgan fingerprint density at radius 1 is 1.53 bits per heavy atom. The highest BCUT2D eigenvalue weighted by Crippen LogP contribution is 2.08. The summed E-state index contributed by atoms with van der Waals surface area (Å²) < 4.78 is 0. The first kappa shape index (κ1) is 9.39. The number of H-pyrrole nitrogens is 1. The molecule has 0 unspecified atom stereocenters. The molecule has 2 aromatic heterocycles. The van der Waals surface area contributed by atoms with E-state index >= 15 is 0 Å². The topological polar surface area (TPSA) is 70.7 Å². The number of rotatable bonds is 2. The van der Waals surface area contributed by atoms with Gasteiger partial charge in [0.15, 0.2) is 0 Å². The number of hydrogen-bond donors (Lipinski definition) is 2. The molecule has 0 aliphatic carbocycles. The highest BCUT2D eigenvalue weighted by atomic mass is 16.1. The van der Waals surface area contributed by atoms with E-state index in [1.54, 1.807) is 24.5 Å². The first-order valence-corrected chi connectivity index (χ1v) is 4.48. The second-order valence-corrected chi connectivity index (χ2v) is 3.13. The van der Waals surface area contributed by atoms with Crippen molar-refractivity contribution in [1.82, 2.24) is 15.2 Å². The number of anilines is 1. The first-order chi connectivity index (χ1) is 7.25. The molecule has 0 spiro atoms. The lowest BCUT2D eigenvalue weighted by Gasteiger charge is -2.03. The number of aromatic amines is 1. The summed E-state index contributed by atoms with van der Waals surface area (Å²) in [7, 11) is 0. The number of carbonyl (C=O) groups is 1. The summed E-state index contributed by atoms with van der Waals surface area (Å²) in [5.74, 6) is -0.186. The van der Waals surface area contributed by atoms with Crippen LogP contribution in [-0.2, 0) is 0 Å². The average molecular weight is 202 g/mol. The van der Waals surface area contributed by atoms with Crippen molar-refractivity contribution >= 4 is 11.6 Å². The summed E-state index contributed by atoms with van der Waals surface area (Å²) in [5.41, 5.74) is 2.10. The van der Waals surface area contributed by atoms with Gasteiger partial charge in [-0.2, -0.15) is 5.10 Å². The monoisotopic (exact) mass is 202 g/mol. The van der Waals surface area contributed by atoms with E-state index in [1.165, 1.54) is 6.20 Å². The van der Waals surface area contributed by atoms with Crippen molar-refractivity contribution in [2.45, 2.75) is 6.92 Å². The molecule has 2 N–H and O–H groups in total. The molecular formula is C10H10N4O. The van der Waals surface area contributed by atoms with Gasteiger partial charge >= 0.3 is 0 Å². The molecule has 2 heterocycles. The second kappa shape index (κ2) is 3.91. The Hall–Kier alpha value is -2.17. The van der Waals surface area contributed by atoms with Crippen molar-refractivity contribution in [1.29, 1.82) is 0 Å². The van der Waals surface area contributed by atoms with Crippen LogP contribution in [0, 0.1) is 6.92 Å². The molecule has 0 aliphatic rings. The van der Waals surface area contributed by atoms with E-state index in [9.17, 15) is 4.79 Å². The Bertz CT molecular complexity index is 464. The Morgan fingerprint density at radius 2 is 2.40 bits per heavy atom. The number of aromatic nitrogens is 3. The maximum absolute atomic E-state index is 11.6. The maximum atomic E-state index is 11.6. The van der Waals surface area contributed by atoms with Crippen LogP contribution in [0.4, 0.5) is 5.69 Å². The van der Waals surface area contributed by atoms with Crippen molar-refractivity contribution in [3.63, 3.8) is 0 Å².